The molecule has 0 aromatic carbocycles. The molecule has 0 atom stereocenters. The summed E-state index contributed by atoms with van der Waals surface area (Å²) in [5.74, 6) is 4.66. The summed E-state index contributed by atoms with van der Waals surface area (Å²) in [5.41, 5.74) is 5.27. The summed E-state index contributed by atoms with van der Waals surface area (Å²) < 4.78 is 17.3. The van der Waals surface area contributed by atoms with Gasteiger partial charge in [-0.1, -0.05) is 0 Å². The number of ether oxygens (including phenoxy) is 1. The largest absolute Gasteiger partial charge is 0.461 e. The molecule has 0 spiro atoms. The van der Waals surface area contributed by atoms with Crippen LogP contribution in [0.4, 0.5) is 10.2 Å². The molecule has 7 heteroatoms. The van der Waals surface area contributed by atoms with E-state index in [0.717, 1.165) is 17.4 Å². The van der Waals surface area contributed by atoms with Crippen LogP contribution in [-0.4, -0.2) is 17.6 Å². The Morgan fingerprint density at radius 1 is 1.65 bits per heavy atom. The Kier molecular flexibility index (Phi) is 4.41. The van der Waals surface area contributed by atoms with Gasteiger partial charge in [0.2, 0.25) is 0 Å². The van der Waals surface area contributed by atoms with E-state index in [0.29, 0.717) is 0 Å². The van der Waals surface area contributed by atoms with Gasteiger partial charge in [-0.25, -0.2) is 20.0 Å². The summed E-state index contributed by atoms with van der Waals surface area (Å²) in [6.45, 7) is 1.87. The van der Waals surface area contributed by atoms with Crippen molar-refractivity contribution in [3.63, 3.8) is 0 Å². The number of hydrazine groups is 1. The predicted octanol–water partition coefficient (Wildman–Crippen LogP) is 0.264. The van der Waals surface area contributed by atoms with E-state index in [1.807, 2.05) is 0 Å². The quantitative estimate of drug-likeness (QED) is 0.339. The van der Waals surface area contributed by atoms with Crippen LogP contribution >= 0.6 is 0 Å². The van der Waals surface area contributed by atoms with Gasteiger partial charge in [-0.3, -0.25) is 5.01 Å². The molecule has 1 aromatic heterocycles. The van der Waals surface area contributed by atoms with Crippen LogP contribution in [0.5, 0.6) is 0 Å². The first-order valence-electron chi connectivity index (χ1n) is 4.84. The maximum absolute atomic E-state index is 12.6. The van der Waals surface area contributed by atoms with E-state index >= 15 is 0 Å². The summed E-state index contributed by atoms with van der Waals surface area (Å²) in [4.78, 5) is 14.9. The van der Waals surface area contributed by atoms with Gasteiger partial charge in [0, 0.05) is 0 Å². The highest BCUT2D eigenvalue weighted by molar-refractivity contribution is 5.87. The molecule has 0 saturated heterocycles. The first kappa shape index (κ1) is 12.9. The maximum atomic E-state index is 12.6. The zero-order valence-corrected chi connectivity index (χ0v) is 9.26. The molecule has 0 saturated carbocycles. The van der Waals surface area contributed by atoms with E-state index in [4.69, 9.17) is 11.6 Å². The van der Waals surface area contributed by atoms with Crippen LogP contribution in [0.3, 0.4) is 0 Å². The third-order valence-corrected chi connectivity index (χ3v) is 1.77. The molecule has 4 N–H and O–H groups in total. The topological polar surface area (TPSA) is 94.5 Å². The number of esters is 1. The summed E-state index contributed by atoms with van der Waals surface area (Å²) in [5, 5.41) is 1.01. The van der Waals surface area contributed by atoms with Crippen molar-refractivity contribution in [2.75, 3.05) is 11.6 Å². The van der Waals surface area contributed by atoms with Gasteiger partial charge in [0.1, 0.15) is 17.3 Å². The van der Waals surface area contributed by atoms with E-state index in [9.17, 15) is 9.18 Å². The molecule has 0 unspecified atom stereocenters. The lowest BCUT2D eigenvalue weighted by molar-refractivity contribution is -0.138. The van der Waals surface area contributed by atoms with Crippen molar-refractivity contribution in [1.29, 1.82) is 0 Å². The van der Waals surface area contributed by atoms with E-state index in [-0.39, 0.29) is 18.1 Å². The van der Waals surface area contributed by atoms with E-state index in [1.54, 1.807) is 6.92 Å². The molecule has 0 aliphatic heterocycles. The fraction of sp³-hybridized carbons (Fsp3) is 0.200. The number of carbonyl (C=O) groups is 1. The fourth-order valence-electron chi connectivity index (χ4n) is 1.00. The Bertz CT molecular complexity index is 419. The van der Waals surface area contributed by atoms with Gasteiger partial charge in [0.05, 0.1) is 19.0 Å². The van der Waals surface area contributed by atoms with E-state index < -0.39 is 11.8 Å². The smallest absolute Gasteiger partial charge is 0.355 e. The molecule has 1 rings (SSSR count). The average Bonchev–Trinajstić information content (AvgIpc) is 2.30. The summed E-state index contributed by atoms with van der Waals surface area (Å²) in [6, 6.07) is 2.54. The van der Waals surface area contributed by atoms with Crippen molar-refractivity contribution < 1.29 is 13.9 Å². The van der Waals surface area contributed by atoms with Crippen LogP contribution in [-0.2, 0) is 9.53 Å². The maximum Gasteiger partial charge on any atom is 0.355 e. The molecule has 17 heavy (non-hydrogen) atoms. The minimum atomic E-state index is -0.676. The number of hydrogen-bond acceptors (Lipinski definition) is 6. The number of nitrogens with zero attached hydrogens (tertiary/aromatic N) is 2. The summed E-state index contributed by atoms with van der Waals surface area (Å²) in [6.07, 6.45) is 2.15. The molecule has 0 bridgehead atoms. The zero-order valence-electron chi connectivity index (χ0n) is 9.26. The summed E-state index contributed by atoms with van der Waals surface area (Å²) >= 11 is 0. The lowest BCUT2D eigenvalue weighted by Crippen LogP contribution is -2.29. The van der Waals surface area contributed by atoms with Crippen LogP contribution in [0.15, 0.2) is 30.2 Å². The molecule has 1 heterocycles. The van der Waals surface area contributed by atoms with Gasteiger partial charge in [0.15, 0.2) is 0 Å². The molecule has 0 aliphatic rings. The van der Waals surface area contributed by atoms with Crippen LogP contribution in [0.1, 0.15) is 6.92 Å². The average molecular weight is 240 g/mol. The van der Waals surface area contributed by atoms with Crippen molar-refractivity contribution >= 4 is 11.8 Å². The number of nitrogens with two attached hydrogens (primary N) is 2. The molecule has 1 aromatic rings. The van der Waals surface area contributed by atoms with Crippen LogP contribution in [0, 0.1) is 5.82 Å². The standard InChI is InChI=1S/C10H13FN4O2/c1-2-17-10(16)8(12)6-15(13)9-4-3-7(11)5-14-9/h3-6H,2,12-13H2,1H3/b8-6-. The highest BCUT2D eigenvalue weighted by atomic mass is 19.1. The molecule has 0 amide bonds. The zero-order chi connectivity index (χ0) is 12.8. The molecule has 6 nitrogen and oxygen atoms in total. The second-order valence-electron chi connectivity index (χ2n) is 3.05. The number of carbonyl (C=O) groups excluding carboxylic acids is 1. The number of pyridine rings is 1. The molecule has 0 fully saturated rings. The van der Waals surface area contributed by atoms with E-state index in [1.165, 1.54) is 12.1 Å². The lowest BCUT2D eigenvalue weighted by atomic mass is 10.4. The number of hydrogen-bond donors (Lipinski definition) is 2. The number of anilines is 1. The van der Waals surface area contributed by atoms with Crippen molar-refractivity contribution in [2.45, 2.75) is 6.92 Å². The molecule has 92 valence electrons. The first-order valence-corrected chi connectivity index (χ1v) is 4.84. The second-order valence-corrected chi connectivity index (χ2v) is 3.05. The summed E-state index contributed by atoms with van der Waals surface area (Å²) in [7, 11) is 0. The second kappa shape index (κ2) is 5.80. The lowest BCUT2D eigenvalue weighted by Gasteiger charge is -2.13. The van der Waals surface area contributed by atoms with Gasteiger partial charge in [0.25, 0.3) is 0 Å². The normalized spacial score (nSPS) is 11.1. The highest BCUT2D eigenvalue weighted by Gasteiger charge is 2.08. The predicted molar refractivity (Wildman–Crippen MR) is 59.8 cm³/mol. The number of aromatic nitrogens is 1. The third kappa shape index (κ3) is 3.72. The van der Waals surface area contributed by atoms with Crippen molar-refractivity contribution in [2.24, 2.45) is 11.6 Å². The fourth-order valence-corrected chi connectivity index (χ4v) is 1.00. The minimum Gasteiger partial charge on any atom is -0.461 e. The van der Waals surface area contributed by atoms with E-state index in [2.05, 4.69) is 9.72 Å². The molecule has 0 radical (unpaired) electrons. The Morgan fingerprint density at radius 2 is 2.35 bits per heavy atom. The Balaban J connectivity index is 2.77. The first-order chi connectivity index (χ1) is 8.04. The molecular formula is C10H13FN4O2. The Labute approximate surface area is 97.6 Å². The Hall–Kier alpha value is -2.15. The number of halogens is 1. The Morgan fingerprint density at radius 3 is 2.88 bits per heavy atom. The van der Waals surface area contributed by atoms with Crippen LogP contribution < -0.4 is 16.6 Å². The van der Waals surface area contributed by atoms with Gasteiger partial charge in [-0.15, -0.1) is 0 Å². The molecule has 0 aliphatic carbocycles. The van der Waals surface area contributed by atoms with Gasteiger partial charge < -0.3 is 10.5 Å². The third-order valence-electron chi connectivity index (χ3n) is 1.77. The van der Waals surface area contributed by atoms with Gasteiger partial charge >= 0.3 is 5.97 Å². The molecular weight excluding hydrogens is 227 g/mol. The van der Waals surface area contributed by atoms with Gasteiger partial charge in [-0.2, -0.15) is 0 Å². The van der Waals surface area contributed by atoms with Crippen molar-refractivity contribution in [3.05, 3.63) is 36.0 Å². The van der Waals surface area contributed by atoms with Crippen molar-refractivity contribution in [3.8, 4) is 0 Å². The SMILES string of the molecule is CCOC(=O)/C(N)=C/N(N)c1ccc(F)cn1. The monoisotopic (exact) mass is 240 g/mol. The number of rotatable bonds is 4. The van der Waals surface area contributed by atoms with Crippen molar-refractivity contribution in [1.82, 2.24) is 4.98 Å². The highest BCUT2D eigenvalue weighted by Crippen LogP contribution is 2.08. The minimum absolute atomic E-state index is 0.166. The van der Waals surface area contributed by atoms with Crippen LogP contribution in [0.2, 0.25) is 0 Å². The van der Waals surface area contributed by atoms with Gasteiger partial charge in [-0.05, 0) is 19.1 Å². The van der Waals surface area contributed by atoms with Crippen LogP contribution in [0.25, 0.3) is 0 Å².